The van der Waals surface area contributed by atoms with Crippen molar-refractivity contribution in [2.75, 3.05) is 31.6 Å². The highest BCUT2D eigenvalue weighted by molar-refractivity contribution is 5.90. The number of ether oxygens (including phenoxy) is 2. The molecule has 6 nitrogen and oxygen atoms in total. The van der Waals surface area contributed by atoms with Crippen LogP contribution in [0.3, 0.4) is 0 Å². The van der Waals surface area contributed by atoms with Crippen LogP contribution in [0.15, 0.2) is 54.7 Å². The van der Waals surface area contributed by atoms with Crippen molar-refractivity contribution in [1.82, 2.24) is 9.47 Å². The molecule has 0 atom stereocenters. The Labute approximate surface area is 189 Å². The Bertz CT molecular complexity index is 1100. The maximum atomic E-state index is 12.6. The largest absolute Gasteiger partial charge is 0.497 e. The van der Waals surface area contributed by atoms with Crippen LogP contribution in [0, 0.1) is 0 Å². The number of likely N-dealkylation sites (tertiary alicyclic amines) is 1. The maximum Gasteiger partial charge on any atom is 0.415 e. The normalized spacial score (nSPS) is 18.4. The second kappa shape index (κ2) is 8.51. The number of aromatic nitrogens is 1. The minimum atomic E-state index is -0.368. The summed E-state index contributed by atoms with van der Waals surface area (Å²) >= 11 is 0. The number of rotatable bonds is 6. The molecular weight excluding hydrogens is 402 g/mol. The number of para-hydroxylation sites is 1. The zero-order valence-corrected chi connectivity index (χ0v) is 18.9. The lowest BCUT2D eigenvalue weighted by Crippen LogP contribution is -2.46. The molecule has 6 heteroatoms. The van der Waals surface area contributed by atoms with E-state index in [9.17, 15) is 4.79 Å². The van der Waals surface area contributed by atoms with Gasteiger partial charge in [0.15, 0.2) is 0 Å². The average Bonchev–Trinajstić information content (AvgIpc) is 3.33. The summed E-state index contributed by atoms with van der Waals surface area (Å²) in [5, 5.41) is 1.29. The second-order valence-electron chi connectivity index (χ2n) is 8.98. The van der Waals surface area contributed by atoms with E-state index in [1.807, 2.05) is 36.4 Å². The third-order valence-electron chi connectivity index (χ3n) is 6.84. The van der Waals surface area contributed by atoms with Gasteiger partial charge in [0, 0.05) is 62.4 Å². The smallest absolute Gasteiger partial charge is 0.415 e. The fraction of sp³-hybridized carbons (Fsp3) is 0.423. The van der Waals surface area contributed by atoms with Crippen LogP contribution in [0.4, 0.5) is 10.5 Å². The lowest BCUT2D eigenvalue weighted by molar-refractivity contribution is -0.000890. The van der Waals surface area contributed by atoms with Crippen LogP contribution < -0.4 is 9.64 Å². The van der Waals surface area contributed by atoms with E-state index in [0.717, 1.165) is 56.9 Å². The first-order valence-corrected chi connectivity index (χ1v) is 11.5. The van der Waals surface area contributed by atoms with Crippen LogP contribution in [0.2, 0.25) is 0 Å². The van der Waals surface area contributed by atoms with Crippen molar-refractivity contribution in [1.29, 1.82) is 0 Å². The number of hydrogen-bond acceptors (Lipinski definition) is 4. The monoisotopic (exact) mass is 433 g/mol. The van der Waals surface area contributed by atoms with Gasteiger partial charge in [-0.25, -0.2) is 4.79 Å². The van der Waals surface area contributed by atoms with Crippen LogP contribution in [-0.4, -0.2) is 47.9 Å². The summed E-state index contributed by atoms with van der Waals surface area (Å²) in [7, 11) is 1.72. The predicted octanol–water partition coefficient (Wildman–Crippen LogP) is 5.05. The summed E-state index contributed by atoms with van der Waals surface area (Å²) in [5.74, 6) is 0.894. The number of methoxy groups -OCH3 is 1. The molecule has 2 aromatic carbocycles. The molecule has 5 rings (SSSR count). The van der Waals surface area contributed by atoms with E-state index in [2.05, 4.69) is 34.7 Å². The molecule has 1 spiro atoms. The van der Waals surface area contributed by atoms with E-state index in [4.69, 9.17) is 9.47 Å². The van der Waals surface area contributed by atoms with Crippen LogP contribution in [-0.2, 0) is 17.8 Å². The minimum absolute atomic E-state index is 0.221. The number of piperidine rings is 1. The molecule has 32 heavy (non-hydrogen) atoms. The quantitative estimate of drug-likeness (QED) is 0.546. The standard InChI is InChI=1S/C26H31N3O3/c1-3-13-28-18-20(23-10-9-22(31-2)16-24(23)28)17-27-14-11-26(12-15-27)19-29(25(30)32-26)21-7-5-4-6-8-21/h4-10,16,18H,3,11-15,17,19H2,1-2H3. The number of nitrogens with zero attached hydrogens (tertiary/aromatic N) is 3. The van der Waals surface area contributed by atoms with Gasteiger partial charge in [0.1, 0.15) is 11.4 Å². The number of benzene rings is 2. The first-order chi connectivity index (χ1) is 15.6. The lowest BCUT2D eigenvalue weighted by Gasteiger charge is -2.37. The van der Waals surface area contributed by atoms with Crippen molar-refractivity contribution in [2.45, 2.75) is 44.9 Å². The summed E-state index contributed by atoms with van der Waals surface area (Å²) in [4.78, 5) is 16.8. The third kappa shape index (κ3) is 3.84. The van der Waals surface area contributed by atoms with Gasteiger partial charge in [-0.05, 0) is 36.2 Å². The second-order valence-corrected chi connectivity index (χ2v) is 8.98. The van der Waals surface area contributed by atoms with Gasteiger partial charge < -0.3 is 14.0 Å². The average molecular weight is 434 g/mol. The van der Waals surface area contributed by atoms with Crippen LogP contribution in [0.1, 0.15) is 31.7 Å². The Morgan fingerprint density at radius 1 is 1.09 bits per heavy atom. The molecule has 2 saturated heterocycles. The number of carbonyl (C=O) groups excluding carboxylic acids is 1. The van der Waals surface area contributed by atoms with Crippen molar-refractivity contribution in [3.05, 3.63) is 60.3 Å². The van der Waals surface area contributed by atoms with Gasteiger partial charge in [-0.15, -0.1) is 0 Å². The van der Waals surface area contributed by atoms with E-state index >= 15 is 0 Å². The highest BCUT2D eigenvalue weighted by atomic mass is 16.6. The molecule has 0 unspecified atom stereocenters. The van der Waals surface area contributed by atoms with Gasteiger partial charge in [0.25, 0.3) is 0 Å². The van der Waals surface area contributed by atoms with Gasteiger partial charge in [-0.1, -0.05) is 25.1 Å². The molecule has 168 valence electrons. The fourth-order valence-electron chi connectivity index (χ4n) is 5.08. The van der Waals surface area contributed by atoms with Gasteiger partial charge in [0.2, 0.25) is 0 Å². The van der Waals surface area contributed by atoms with Crippen molar-refractivity contribution < 1.29 is 14.3 Å². The summed E-state index contributed by atoms with van der Waals surface area (Å²) in [6.45, 7) is 6.60. The molecular formula is C26H31N3O3. The first-order valence-electron chi connectivity index (χ1n) is 11.5. The Morgan fingerprint density at radius 3 is 2.59 bits per heavy atom. The molecule has 0 saturated carbocycles. The van der Waals surface area contributed by atoms with E-state index in [1.165, 1.54) is 16.5 Å². The van der Waals surface area contributed by atoms with E-state index < -0.39 is 0 Å². The predicted molar refractivity (Wildman–Crippen MR) is 126 cm³/mol. The van der Waals surface area contributed by atoms with Crippen LogP contribution >= 0.6 is 0 Å². The van der Waals surface area contributed by atoms with Gasteiger partial charge >= 0.3 is 6.09 Å². The van der Waals surface area contributed by atoms with Crippen molar-refractivity contribution >= 4 is 22.7 Å². The topological polar surface area (TPSA) is 46.9 Å². The van der Waals surface area contributed by atoms with E-state index in [0.29, 0.717) is 6.54 Å². The third-order valence-corrected chi connectivity index (χ3v) is 6.84. The van der Waals surface area contributed by atoms with Crippen LogP contribution in [0.5, 0.6) is 5.75 Å². The molecule has 0 N–H and O–H groups in total. The number of hydrogen-bond donors (Lipinski definition) is 0. The molecule has 2 aliphatic heterocycles. The zero-order valence-electron chi connectivity index (χ0n) is 18.9. The van der Waals surface area contributed by atoms with Crippen molar-refractivity contribution in [2.24, 2.45) is 0 Å². The molecule has 1 amide bonds. The summed E-state index contributed by atoms with van der Waals surface area (Å²) < 4.78 is 13.7. The summed E-state index contributed by atoms with van der Waals surface area (Å²) in [6, 6.07) is 16.2. The Morgan fingerprint density at radius 2 is 1.88 bits per heavy atom. The number of anilines is 1. The number of amides is 1. The highest BCUT2D eigenvalue weighted by Gasteiger charge is 2.47. The molecule has 3 heterocycles. The number of aryl methyl sites for hydroxylation is 1. The Balaban J connectivity index is 1.28. The molecule has 2 aliphatic rings. The molecule has 0 bridgehead atoms. The molecule has 0 aliphatic carbocycles. The molecule has 1 aromatic heterocycles. The highest BCUT2D eigenvalue weighted by Crippen LogP contribution is 2.36. The fourth-order valence-corrected chi connectivity index (χ4v) is 5.08. The maximum absolute atomic E-state index is 12.6. The van der Waals surface area contributed by atoms with Crippen molar-refractivity contribution in [3.8, 4) is 5.75 Å². The summed E-state index contributed by atoms with van der Waals surface area (Å²) in [6.07, 6.45) is 4.90. The minimum Gasteiger partial charge on any atom is -0.497 e. The van der Waals surface area contributed by atoms with Crippen LogP contribution in [0.25, 0.3) is 10.9 Å². The number of carbonyl (C=O) groups is 1. The number of fused-ring (bicyclic) bond motifs is 1. The van der Waals surface area contributed by atoms with Gasteiger partial charge in [-0.2, -0.15) is 0 Å². The van der Waals surface area contributed by atoms with E-state index in [1.54, 1.807) is 12.0 Å². The SMILES string of the molecule is CCCn1cc(CN2CCC3(CC2)CN(c2ccccc2)C(=O)O3)c2ccc(OC)cc21. The van der Waals surface area contributed by atoms with Gasteiger partial charge in [-0.3, -0.25) is 9.80 Å². The first kappa shape index (κ1) is 20.9. The molecule has 2 fully saturated rings. The molecule has 0 radical (unpaired) electrons. The molecule has 3 aromatic rings. The van der Waals surface area contributed by atoms with Gasteiger partial charge in [0.05, 0.1) is 19.2 Å². The lowest BCUT2D eigenvalue weighted by atomic mass is 9.91. The van der Waals surface area contributed by atoms with Crippen molar-refractivity contribution in [3.63, 3.8) is 0 Å². The Hall–Kier alpha value is -2.99. The Kier molecular flexibility index (Phi) is 5.55. The van der Waals surface area contributed by atoms with E-state index in [-0.39, 0.29) is 11.7 Å². The summed E-state index contributed by atoms with van der Waals surface area (Å²) in [5.41, 5.74) is 3.13. The zero-order chi connectivity index (χ0) is 22.1.